The molecule has 0 unspecified atom stereocenters. The molecule has 0 fully saturated rings. The van der Waals surface area contributed by atoms with E-state index in [2.05, 4.69) is 6.92 Å². The summed E-state index contributed by atoms with van der Waals surface area (Å²) in [6.45, 7) is 2.25. The summed E-state index contributed by atoms with van der Waals surface area (Å²) in [5.41, 5.74) is 1.03. The van der Waals surface area contributed by atoms with Gasteiger partial charge in [-0.05, 0) is 36.6 Å². The molecule has 0 radical (unpaired) electrons. The number of unbranched alkanes of at least 4 members (excludes halogenated alkanes) is 10. The van der Waals surface area contributed by atoms with Crippen LogP contribution in [-0.2, 0) is 16.5 Å². The molecule has 2 rings (SSSR count). The summed E-state index contributed by atoms with van der Waals surface area (Å²) in [6, 6.07) is 13.6. The molecule has 0 aromatic heterocycles. The maximum absolute atomic E-state index is 11.5. The van der Waals surface area contributed by atoms with E-state index < -0.39 is 10.1 Å². The third kappa shape index (κ3) is 11.0. The molecule has 0 bridgehead atoms. The smallest absolute Gasteiger partial charge is 0.744 e. The molecule has 31 heavy (non-hydrogen) atoms. The summed E-state index contributed by atoms with van der Waals surface area (Å²) in [6.07, 6.45) is 15.1. The number of para-hydroxylation sites is 2. The molecule has 0 amide bonds. The fourth-order valence-corrected chi connectivity index (χ4v) is 4.25. The summed E-state index contributed by atoms with van der Waals surface area (Å²) in [5, 5.41) is 0. The van der Waals surface area contributed by atoms with E-state index in [1.807, 2.05) is 24.3 Å². The molecular weight excluding hydrogens is 419 g/mol. The van der Waals surface area contributed by atoms with Crippen molar-refractivity contribution in [3.63, 3.8) is 0 Å². The average Bonchev–Trinajstić information content (AvgIpc) is 2.73. The van der Waals surface area contributed by atoms with Gasteiger partial charge in [0.2, 0.25) is 0 Å². The molecule has 0 aliphatic rings. The Morgan fingerprint density at radius 2 is 1.19 bits per heavy atom. The van der Waals surface area contributed by atoms with Crippen molar-refractivity contribution in [2.45, 2.75) is 88.9 Å². The van der Waals surface area contributed by atoms with E-state index in [0.29, 0.717) is 5.75 Å². The monoisotopic (exact) mass is 454 g/mol. The Balaban J connectivity index is 0.00000480. The topological polar surface area (TPSA) is 66.4 Å². The number of aryl methyl sites for hydroxylation is 1. The van der Waals surface area contributed by atoms with Gasteiger partial charge in [-0.25, -0.2) is 8.42 Å². The van der Waals surface area contributed by atoms with Gasteiger partial charge in [0, 0.05) is 0 Å². The van der Waals surface area contributed by atoms with Gasteiger partial charge < -0.3 is 9.29 Å². The molecule has 0 heterocycles. The van der Waals surface area contributed by atoms with Crippen LogP contribution in [0.3, 0.4) is 0 Å². The standard InChI is InChI=1S/C25H36O4S.Na/c1-2-3-4-5-6-7-8-9-10-11-12-17-22-18-13-14-19-23(22)29-24-20-15-16-21-25(24)30(26,27)28;/h13-16,18-21H,2-12,17H2,1H3,(H,26,27,28);/q;+1/p-1. The maximum atomic E-state index is 11.5. The molecule has 2 aromatic rings. The van der Waals surface area contributed by atoms with Gasteiger partial charge in [-0.3, -0.25) is 0 Å². The predicted molar refractivity (Wildman–Crippen MR) is 121 cm³/mol. The molecule has 0 atom stereocenters. The Morgan fingerprint density at radius 1 is 0.710 bits per heavy atom. The van der Waals surface area contributed by atoms with Crippen LogP contribution in [0.4, 0.5) is 0 Å². The van der Waals surface area contributed by atoms with Gasteiger partial charge in [-0.15, -0.1) is 0 Å². The van der Waals surface area contributed by atoms with Crippen molar-refractivity contribution >= 4 is 10.1 Å². The minimum absolute atomic E-state index is 0. The third-order valence-electron chi connectivity index (χ3n) is 5.36. The first-order valence-electron chi connectivity index (χ1n) is 11.3. The van der Waals surface area contributed by atoms with Crippen LogP contribution >= 0.6 is 0 Å². The molecule has 6 heteroatoms. The SMILES string of the molecule is CCCCCCCCCCCCCc1ccccc1Oc1ccccc1S(=O)(=O)[O-].[Na+]. The molecule has 0 aliphatic carbocycles. The number of benzene rings is 2. The van der Waals surface area contributed by atoms with E-state index in [-0.39, 0.29) is 40.2 Å². The molecule has 0 saturated carbocycles. The van der Waals surface area contributed by atoms with Crippen LogP contribution in [0.2, 0.25) is 0 Å². The summed E-state index contributed by atoms with van der Waals surface area (Å²) < 4.78 is 40.3. The first-order chi connectivity index (χ1) is 14.5. The molecule has 0 spiro atoms. The Morgan fingerprint density at radius 3 is 1.77 bits per heavy atom. The second-order valence-corrected chi connectivity index (χ2v) is 9.24. The van der Waals surface area contributed by atoms with Crippen molar-refractivity contribution in [3.8, 4) is 11.5 Å². The van der Waals surface area contributed by atoms with Crippen molar-refractivity contribution in [2.75, 3.05) is 0 Å². The Kier molecular flexibility index (Phi) is 14.4. The van der Waals surface area contributed by atoms with Gasteiger partial charge in [0.05, 0.1) is 4.90 Å². The van der Waals surface area contributed by atoms with E-state index in [9.17, 15) is 13.0 Å². The first kappa shape index (κ1) is 28.2. The fraction of sp³-hybridized carbons (Fsp3) is 0.520. The zero-order valence-corrected chi connectivity index (χ0v) is 22.0. The summed E-state index contributed by atoms with van der Waals surface area (Å²) >= 11 is 0. The first-order valence-corrected chi connectivity index (χ1v) is 12.7. The average molecular weight is 455 g/mol. The van der Waals surface area contributed by atoms with Gasteiger partial charge in [0.15, 0.2) is 0 Å². The van der Waals surface area contributed by atoms with Crippen molar-refractivity contribution < 1.29 is 47.3 Å². The van der Waals surface area contributed by atoms with Crippen LogP contribution in [0.5, 0.6) is 11.5 Å². The van der Waals surface area contributed by atoms with Crippen molar-refractivity contribution in [2.24, 2.45) is 0 Å². The number of rotatable bonds is 15. The number of hydrogen-bond acceptors (Lipinski definition) is 4. The Hall–Kier alpha value is -0.850. The summed E-state index contributed by atoms with van der Waals surface area (Å²) in [7, 11) is -4.58. The van der Waals surface area contributed by atoms with Gasteiger partial charge in [-0.1, -0.05) is 101 Å². The third-order valence-corrected chi connectivity index (χ3v) is 6.24. The van der Waals surface area contributed by atoms with E-state index in [4.69, 9.17) is 4.74 Å². The van der Waals surface area contributed by atoms with Crippen molar-refractivity contribution in [1.29, 1.82) is 0 Å². The number of hydrogen-bond donors (Lipinski definition) is 0. The molecule has 4 nitrogen and oxygen atoms in total. The van der Waals surface area contributed by atoms with Gasteiger partial charge in [-0.2, -0.15) is 0 Å². The molecule has 0 saturated heterocycles. The molecule has 0 N–H and O–H groups in total. The van der Waals surface area contributed by atoms with Crippen LogP contribution in [0, 0.1) is 0 Å². The van der Waals surface area contributed by atoms with Crippen LogP contribution < -0.4 is 34.3 Å². The minimum Gasteiger partial charge on any atom is -0.744 e. The van der Waals surface area contributed by atoms with Crippen LogP contribution in [0.1, 0.15) is 83.1 Å². The Bertz CT molecular complexity index is 852. The quantitative estimate of drug-likeness (QED) is 0.229. The predicted octanol–water partition coefficient (Wildman–Crippen LogP) is 4.24. The van der Waals surface area contributed by atoms with Gasteiger partial charge >= 0.3 is 29.6 Å². The van der Waals surface area contributed by atoms with Crippen LogP contribution in [0.25, 0.3) is 0 Å². The van der Waals surface area contributed by atoms with Crippen molar-refractivity contribution in [3.05, 3.63) is 54.1 Å². The van der Waals surface area contributed by atoms with E-state index >= 15 is 0 Å². The zero-order chi connectivity index (χ0) is 21.7. The second kappa shape index (κ2) is 15.9. The Labute approximate surface area is 210 Å². The van der Waals surface area contributed by atoms with Crippen LogP contribution in [0.15, 0.2) is 53.4 Å². The molecule has 2 aromatic carbocycles. The minimum atomic E-state index is -4.58. The molecule has 0 aliphatic heterocycles. The van der Waals surface area contributed by atoms with E-state index in [1.165, 1.54) is 82.4 Å². The normalized spacial score (nSPS) is 11.2. The van der Waals surface area contributed by atoms with Crippen molar-refractivity contribution in [1.82, 2.24) is 0 Å². The second-order valence-electron chi connectivity index (χ2n) is 7.90. The van der Waals surface area contributed by atoms with E-state index in [1.54, 1.807) is 6.07 Å². The van der Waals surface area contributed by atoms with Gasteiger partial charge in [0.1, 0.15) is 21.6 Å². The van der Waals surface area contributed by atoms with E-state index in [0.717, 1.165) is 18.4 Å². The van der Waals surface area contributed by atoms with Gasteiger partial charge in [0.25, 0.3) is 0 Å². The maximum Gasteiger partial charge on any atom is 1.00 e. The molecular formula is C25H35NaO4S. The molecule has 166 valence electrons. The fourth-order valence-electron chi connectivity index (χ4n) is 3.65. The number of ether oxygens (including phenoxy) is 1. The van der Waals surface area contributed by atoms with Crippen LogP contribution in [-0.4, -0.2) is 13.0 Å². The summed E-state index contributed by atoms with van der Waals surface area (Å²) in [4.78, 5) is -0.325. The summed E-state index contributed by atoms with van der Waals surface area (Å²) in [5.74, 6) is 0.694. The largest absolute Gasteiger partial charge is 1.00 e. The zero-order valence-electron chi connectivity index (χ0n) is 19.1.